The molecule has 1 atom stereocenters. The van der Waals surface area contributed by atoms with Crippen LogP contribution in [0.2, 0.25) is 0 Å². The van der Waals surface area contributed by atoms with Gasteiger partial charge in [0.1, 0.15) is 5.82 Å². The number of carbonyl (C=O) groups is 1. The van der Waals surface area contributed by atoms with Crippen LogP contribution in [0.3, 0.4) is 0 Å². The maximum absolute atomic E-state index is 11.2. The minimum Gasteiger partial charge on any atom is -0.392 e. The first-order chi connectivity index (χ1) is 6.09. The van der Waals surface area contributed by atoms with Gasteiger partial charge in [0.25, 0.3) is 5.91 Å². The molecule has 13 heavy (non-hydrogen) atoms. The van der Waals surface area contributed by atoms with Crippen LogP contribution in [0.25, 0.3) is 0 Å². The summed E-state index contributed by atoms with van der Waals surface area (Å²) >= 11 is 1.05. The molecule has 0 radical (unpaired) electrons. The zero-order valence-electron chi connectivity index (χ0n) is 7.44. The molecule has 1 heterocycles. The number of aliphatic hydroxyl groups is 1. The lowest BCUT2D eigenvalue weighted by molar-refractivity contribution is 0.0923. The van der Waals surface area contributed by atoms with Crippen LogP contribution in [0.1, 0.15) is 22.6 Å². The van der Waals surface area contributed by atoms with Crippen LogP contribution in [-0.2, 0) is 0 Å². The highest BCUT2D eigenvalue weighted by molar-refractivity contribution is 7.07. The lowest BCUT2D eigenvalue weighted by Gasteiger charge is -2.03. The average Bonchev–Trinajstić information content (AvgIpc) is 2.47. The van der Waals surface area contributed by atoms with E-state index < -0.39 is 6.10 Å². The molecule has 0 spiro atoms. The van der Waals surface area contributed by atoms with Gasteiger partial charge in [-0.3, -0.25) is 4.79 Å². The Labute approximate surface area is 80.0 Å². The van der Waals surface area contributed by atoms with Crippen LogP contribution >= 0.6 is 11.5 Å². The minimum atomic E-state index is -0.544. The number of nitrogens with zero attached hydrogens (tertiary/aromatic N) is 2. The zero-order chi connectivity index (χ0) is 9.84. The standard InChI is InChI=1S/C7H11N3O2S/c1-4(11)3-8-6(12)7-9-5(2)10-13-7/h4,11H,3H2,1-2H3,(H,8,12)/t4-/m0/s1. The van der Waals surface area contributed by atoms with E-state index in [0.717, 1.165) is 11.5 Å². The number of hydrogen-bond acceptors (Lipinski definition) is 5. The number of rotatable bonds is 3. The molecule has 1 rings (SSSR count). The second-order valence-electron chi connectivity index (χ2n) is 2.71. The van der Waals surface area contributed by atoms with E-state index in [1.54, 1.807) is 13.8 Å². The molecule has 0 aliphatic carbocycles. The number of aryl methyl sites for hydroxylation is 1. The van der Waals surface area contributed by atoms with Crippen molar-refractivity contribution >= 4 is 17.4 Å². The number of hydrogen-bond donors (Lipinski definition) is 2. The van der Waals surface area contributed by atoms with Gasteiger partial charge in [-0.05, 0) is 25.4 Å². The second-order valence-corrected chi connectivity index (χ2v) is 3.46. The molecule has 0 aliphatic rings. The fraction of sp³-hybridized carbons (Fsp3) is 0.571. The smallest absolute Gasteiger partial charge is 0.281 e. The summed E-state index contributed by atoms with van der Waals surface area (Å²) < 4.78 is 3.87. The fourth-order valence-corrected chi connectivity index (χ4v) is 1.29. The molecule has 1 aromatic heterocycles. The normalized spacial score (nSPS) is 12.5. The topological polar surface area (TPSA) is 75.1 Å². The molecule has 0 bridgehead atoms. The first-order valence-corrected chi connectivity index (χ1v) is 4.63. The van der Waals surface area contributed by atoms with Crippen molar-refractivity contribution in [1.82, 2.24) is 14.7 Å². The number of nitrogens with one attached hydrogen (secondary N) is 1. The lowest BCUT2D eigenvalue weighted by atomic mass is 10.4. The molecule has 0 aromatic carbocycles. The van der Waals surface area contributed by atoms with E-state index in [9.17, 15) is 4.79 Å². The van der Waals surface area contributed by atoms with Crippen molar-refractivity contribution in [3.63, 3.8) is 0 Å². The number of aromatic nitrogens is 2. The maximum Gasteiger partial charge on any atom is 0.281 e. The monoisotopic (exact) mass is 201 g/mol. The molecule has 0 saturated heterocycles. The predicted molar refractivity (Wildman–Crippen MR) is 48.7 cm³/mol. The summed E-state index contributed by atoms with van der Waals surface area (Å²) in [4.78, 5) is 15.2. The van der Waals surface area contributed by atoms with Gasteiger partial charge in [-0.25, -0.2) is 4.98 Å². The zero-order valence-corrected chi connectivity index (χ0v) is 8.26. The largest absolute Gasteiger partial charge is 0.392 e. The van der Waals surface area contributed by atoms with Gasteiger partial charge in [0.05, 0.1) is 6.10 Å². The van der Waals surface area contributed by atoms with E-state index in [2.05, 4.69) is 14.7 Å². The third kappa shape index (κ3) is 3.08. The average molecular weight is 201 g/mol. The molecule has 1 amide bonds. The van der Waals surface area contributed by atoms with Crippen molar-refractivity contribution in [2.75, 3.05) is 6.54 Å². The minimum absolute atomic E-state index is 0.234. The fourth-order valence-electron chi connectivity index (χ4n) is 0.705. The molecule has 6 heteroatoms. The van der Waals surface area contributed by atoms with Gasteiger partial charge >= 0.3 is 0 Å². The lowest BCUT2D eigenvalue weighted by Crippen LogP contribution is -2.30. The number of aliphatic hydroxyl groups excluding tert-OH is 1. The van der Waals surface area contributed by atoms with Crippen molar-refractivity contribution in [2.24, 2.45) is 0 Å². The molecule has 0 saturated carbocycles. The molecule has 0 unspecified atom stereocenters. The first kappa shape index (κ1) is 10.1. The highest BCUT2D eigenvalue weighted by Gasteiger charge is 2.10. The van der Waals surface area contributed by atoms with Gasteiger partial charge in [-0.15, -0.1) is 0 Å². The third-order valence-corrected chi connectivity index (χ3v) is 2.08. The summed E-state index contributed by atoms with van der Waals surface area (Å²) in [5.74, 6) is 0.304. The summed E-state index contributed by atoms with van der Waals surface area (Å²) in [5, 5.41) is 11.8. The molecular formula is C7H11N3O2S. The van der Waals surface area contributed by atoms with Gasteiger partial charge in [0.2, 0.25) is 5.01 Å². The van der Waals surface area contributed by atoms with Gasteiger partial charge in [-0.1, -0.05) is 0 Å². The Bertz CT molecular complexity index is 298. The summed E-state index contributed by atoms with van der Waals surface area (Å²) in [6.07, 6.45) is -0.544. The quantitative estimate of drug-likeness (QED) is 0.719. The maximum atomic E-state index is 11.2. The molecule has 72 valence electrons. The van der Waals surface area contributed by atoms with Crippen molar-refractivity contribution in [2.45, 2.75) is 20.0 Å². The van der Waals surface area contributed by atoms with E-state index in [4.69, 9.17) is 5.11 Å². The van der Waals surface area contributed by atoms with E-state index >= 15 is 0 Å². The van der Waals surface area contributed by atoms with Crippen LogP contribution in [0, 0.1) is 6.92 Å². The molecule has 0 fully saturated rings. The summed E-state index contributed by atoms with van der Waals surface area (Å²) in [7, 11) is 0. The number of amides is 1. The highest BCUT2D eigenvalue weighted by Crippen LogP contribution is 2.02. The van der Waals surface area contributed by atoms with E-state index in [0.29, 0.717) is 10.8 Å². The van der Waals surface area contributed by atoms with Crippen LogP contribution in [0.15, 0.2) is 0 Å². The predicted octanol–water partition coefficient (Wildman–Crippen LogP) is -0.0429. The van der Waals surface area contributed by atoms with Crippen LogP contribution in [0.5, 0.6) is 0 Å². The summed E-state index contributed by atoms with van der Waals surface area (Å²) in [6, 6.07) is 0. The first-order valence-electron chi connectivity index (χ1n) is 3.86. The second kappa shape index (κ2) is 4.29. The summed E-state index contributed by atoms with van der Waals surface area (Å²) in [5.41, 5.74) is 0. The molecule has 0 aliphatic heterocycles. The van der Waals surface area contributed by atoms with E-state index in [1.165, 1.54) is 0 Å². The van der Waals surface area contributed by atoms with Crippen molar-refractivity contribution in [3.05, 3.63) is 10.8 Å². The van der Waals surface area contributed by atoms with E-state index in [1.807, 2.05) is 0 Å². The molecule has 2 N–H and O–H groups in total. The Morgan fingerprint density at radius 3 is 2.92 bits per heavy atom. The Morgan fingerprint density at radius 1 is 1.77 bits per heavy atom. The third-order valence-electron chi connectivity index (χ3n) is 1.28. The molecule has 5 nitrogen and oxygen atoms in total. The Kier molecular flexibility index (Phi) is 3.32. The highest BCUT2D eigenvalue weighted by atomic mass is 32.1. The van der Waals surface area contributed by atoms with Crippen LogP contribution < -0.4 is 5.32 Å². The van der Waals surface area contributed by atoms with Gasteiger partial charge < -0.3 is 10.4 Å². The SMILES string of the molecule is Cc1nsc(C(=O)NC[C@H](C)O)n1. The van der Waals surface area contributed by atoms with Crippen LogP contribution in [0.4, 0.5) is 0 Å². The van der Waals surface area contributed by atoms with Gasteiger partial charge in [0.15, 0.2) is 0 Å². The van der Waals surface area contributed by atoms with Gasteiger partial charge in [0, 0.05) is 6.54 Å². The Morgan fingerprint density at radius 2 is 2.46 bits per heavy atom. The van der Waals surface area contributed by atoms with Crippen molar-refractivity contribution in [1.29, 1.82) is 0 Å². The molecule has 1 aromatic rings. The Hall–Kier alpha value is -1.01. The molecular weight excluding hydrogens is 190 g/mol. The van der Waals surface area contributed by atoms with Crippen molar-refractivity contribution in [3.8, 4) is 0 Å². The van der Waals surface area contributed by atoms with Crippen molar-refractivity contribution < 1.29 is 9.90 Å². The number of carbonyl (C=O) groups excluding carboxylic acids is 1. The van der Waals surface area contributed by atoms with Crippen LogP contribution in [-0.4, -0.2) is 33.0 Å². The van der Waals surface area contributed by atoms with Gasteiger partial charge in [-0.2, -0.15) is 4.37 Å². The summed E-state index contributed by atoms with van der Waals surface area (Å²) in [6.45, 7) is 3.56. The Balaban J connectivity index is 2.49. The van der Waals surface area contributed by atoms with E-state index in [-0.39, 0.29) is 12.5 Å².